The molecular weight excluding hydrogens is 242 g/mol. The highest BCUT2D eigenvalue weighted by molar-refractivity contribution is 5.56. The Hall–Kier alpha value is -1.42. The fourth-order valence-electron chi connectivity index (χ4n) is 2.00. The summed E-state index contributed by atoms with van der Waals surface area (Å²) in [6.07, 6.45) is 0. The number of methoxy groups -OCH3 is 2. The number of anilines is 1. The maximum absolute atomic E-state index is 9.40. The molecule has 0 bridgehead atoms. The first-order valence-corrected chi connectivity index (χ1v) is 6.57. The van der Waals surface area contributed by atoms with Crippen LogP contribution in [-0.2, 0) is 0 Å². The van der Waals surface area contributed by atoms with Crippen molar-refractivity contribution in [1.29, 1.82) is 0 Å². The van der Waals surface area contributed by atoms with Gasteiger partial charge in [0.15, 0.2) is 11.5 Å². The fourth-order valence-corrected chi connectivity index (χ4v) is 2.00. The molecule has 0 aliphatic carbocycles. The second kappa shape index (κ2) is 7.24. The van der Waals surface area contributed by atoms with Crippen LogP contribution in [0.5, 0.6) is 11.5 Å². The molecule has 1 aromatic carbocycles. The van der Waals surface area contributed by atoms with Gasteiger partial charge in [-0.05, 0) is 18.1 Å². The Kier molecular flexibility index (Phi) is 5.96. The molecule has 0 aliphatic rings. The molecule has 0 saturated carbocycles. The molecular formula is C15H25NO3. The van der Waals surface area contributed by atoms with E-state index < -0.39 is 0 Å². The van der Waals surface area contributed by atoms with Gasteiger partial charge in [0.25, 0.3) is 0 Å². The largest absolute Gasteiger partial charge is 0.493 e. The van der Waals surface area contributed by atoms with E-state index in [1.807, 2.05) is 25.2 Å². The third-order valence-corrected chi connectivity index (χ3v) is 3.49. The number of rotatable bonds is 7. The Morgan fingerprint density at radius 2 is 1.79 bits per heavy atom. The van der Waals surface area contributed by atoms with Crippen LogP contribution in [0.25, 0.3) is 0 Å². The van der Waals surface area contributed by atoms with Gasteiger partial charge in [-0.15, -0.1) is 0 Å². The van der Waals surface area contributed by atoms with Gasteiger partial charge < -0.3 is 19.5 Å². The monoisotopic (exact) mass is 267 g/mol. The van der Waals surface area contributed by atoms with Gasteiger partial charge in [0.1, 0.15) is 0 Å². The van der Waals surface area contributed by atoms with Gasteiger partial charge in [0.2, 0.25) is 0 Å². The van der Waals surface area contributed by atoms with E-state index in [1.165, 1.54) is 0 Å². The van der Waals surface area contributed by atoms with Crippen molar-refractivity contribution in [2.75, 3.05) is 39.3 Å². The minimum Gasteiger partial charge on any atom is -0.493 e. The van der Waals surface area contributed by atoms with E-state index in [9.17, 15) is 5.11 Å². The van der Waals surface area contributed by atoms with Crippen LogP contribution in [0.1, 0.15) is 13.8 Å². The van der Waals surface area contributed by atoms with Gasteiger partial charge in [-0.3, -0.25) is 0 Å². The first-order chi connectivity index (χ1) is 9.03. The average molecular weight is 267 g/mol. The predicted molar refractivity (Wildman–Crippen MR) is 78.2 cm³/mol. The molecule has 0 amide bonds. The second-order valence-corrected chi connectivity index (χ2v) is 5.11. The number of benzene rings is 1. The van der Waals surface area contributed by atoms with Crippen molar-refractivity contribution in [1.82, 2.24) is 0 Å². The Labute approximate surface area is 115 Å². The molecule has 19 heavy (non-hydrogen) atoms. The van der Waals surface area contributed by atoms with Crippen molar-refractivity contribution in [3.63, 3.8) is 0 Å². The molecule has 0 radical (unpaired) electrons. The highest BCUT2D eigenvalue weighted by Gasteiger charge is 2.16. The van der Waals surface area contributed by atoms with Crippen molar-refractivity contribution in [2.24, 2.45) is 11.8 Å². The molecule has 1 rings (SSSR count). The topological polar surface area (TPSA) is 41.9 Å². The molecule has 0 spiro atoms. The molecule has 4 heteroatoms. The van der Waals surface area contributed by atoms with Crippen molar-refractivity contribution < 1.29 is 14.6 Å². The molecule has 0 aliphatic heterocycles. The number of hydrogen-bond acceptors (Lipinski definition) is 4. The third kappa shape index (κ3) is 4.03. The molecule has 108 valence electrons. The first-order valence-electron chi connectivity index (χ1n) is 6.57. The second-order valence-electron chi connectivity index (χ2n) is 5.11. The van der Waals surface area contributed by atoms with E-state index >= 15 is 0 Å². The van der Waals surface area contributed by atoms with E-state index in [-0.39, 0.29) is 12.5 Å². The molecule has 1 N–H and O–H groups in total. The molecule has 4 nitrogen and oxygen atoms in total. The van der Waals surface area contributed by atoms with Crippen LogP contribution < -0.4 is 14.4 Å². The molecule has 1 atom stereocenters. The Morgan fingerprint density at radius 1 is 1.16 bits per heavy atom. The summed E-state index contributed by atoms with van der Waals surface area (Å²) < 4.78 is 10.5. The summed E-state index contributed by atoms with van der Waals surface area (Å²) in [7, 11) is 5.28. The van der Waals surface area contributed by atoms with Gasteiger partial charge in [-0.1, -0.05) is 13.8 Å². The van der Waals surface area contributed by atoms with Crippen molar-refractivity contribution in [3.05, 3.63) is 18.2 Å². The van der Waals surface area contributed by atoms with Gasteiger partial charge in [0, 0.05) is 37.9 Å². The maximum atomic E-state index is 9.40. The van der Waals surface area contributed by atoms with Crippen LogP contribution in [0.4, 0.5) is 5.69 Å². The van der Waals surface area contributed by atoms with Crippen LogP contribution in [0.2, 0.25) is 0 Å². The average Bonchev–Trinajstić information content (AvgIpc) is 2.43. The lowest BCUT2D eigenvalue weighted by Crippen LogP contribution is -2.30. The standard InChI is InChI=1S/C15H25NO3/c1-11(2)12(10-17)9-16(3)13-6-7-14(18-4)15(8-13)19-5/h6-8,11-12,17H,9-10H2,1-5H3. The van der Waals surface area contributed by atoms with Crippen LogP contribution in [0.15, 0.2) is 18.2 Å². The van der Waals surface area contributed by atoms with Gasteiger partial charge >= 0.3 is 0 Å². The molecule has 0 saturated heterocycles. The normalized spacial score (nSPS) is 12.4. The quantitative estimate of drug-likeness (QED) is 0.823. The van der Waals surface area contributed by atoms with Crippen molar-refractivity contribution in [3.8, 4) is 11.5 Å². The maximum Gasteiger partial charge on any atom is 0.162 e. The summed E-state index contributed by atoms with van der Waals surface area (Å²) >= 11 is 0. The van der Waals surface area contributed by atoms with E-state index in [1.54, 1.807) is 14.2 Å². The van der Waals surface area contributed by atoms with Crippen LogP contribution >= 0.6 is 0 Å². The summed E-state index contributed by atoms with van der Waals surface area (Å²) in [4.78, 5) is 2.13. The highest BCUT2D eigenvalue weighted by atomic mass is 16.5. The van der Waals surface area contributed by atoms with E-state index in [2.05, 4.69) is 18.7 Å². The number of ether oxygens (including phenoxy) is 2. The number of hydrogen-bond donors (Lipinski definition) is 1. The summed E-state index contributed by atoms with van der Waals surface area (Å²) in [5.41, 5.74) is 1.05. The van der Waals surface area contributed by atoms with Crippen molar-refractivity contribution in [2.45, 2.75) is 13.8 Å². The summed E-state index contributed by atoms with van der Waals surface area (Å²) in [6.45, 7) is 5.27. The minimum absolute atomic E-state index is 0.204. The van der Waals surface area contributed by atoms with Gasteiger partial charge in [0.05, 0.1) is 14.2 Å². The zero-order chi connectivity index (χ0) is 14.4. The fraction of sp³-hybridized carbons (Fsp3) is 0.600. The summed E-state index contributed by atoms with van der Waals surface area (Å²) in [5, 5.41) is 9.40. The molecule has 1 aromatic rings. The Balaban J connectivity index is 2.84. The van der Waals surface area contributed by atoms with Gasteiger partial charge in [-0.25, -0.2) is 0 Å². The zero-order valence-electron chi connectivity index (χ0n) is 12.5. The zero-order valence-corrected chi connectivity index (χ0v) is 12.5. The molecule has 0 aromatic heterocycles. The van der Waals surface area contributed by atoms with E-state index in [0.717, 1.165) is 23.7 Å². The van der Waals surface area contributed by atoms with E-state index in [4.69, 9.17) is 9.47 Å². The number of aliphatic hydroxyl groups excluding tert-OH is 1. The number of nitrogens with zero attached hydrogens (tertiary/aromatic N) is 1. The van der Waals surface area contributed by atoms with Crippen LogP contribution in [0, 0.1) is 11.8 Å². The summed E-state index contributed by atoms with van der Waals surface area (Å²) in [5.74, 6) is 2.16. The third-order valence-electron chi connectivity index (χ3n) is 3.49. The lowest BCUT2D eigenvalue weighted by atomic mass is 9.96. The smallest absolute Gasteiger partial charge is 0.162 e. The summed E-state index contributed by atoms with van der Waals surface area (Å²) in [6, 6.07) is 5.84. The Bertz CT molecular complexity index is 393. The highest BCUT2D eigenvalue weighted by Crippen LogP contribution is 2.31. The molecule has 1 unspecified atom stereocenters. The minimum atomic E-state index is 0.204. The first kappa shape index (κ1) is 15.6. The lowest BCUT2D eigenvalue weighted by Gasteiger charge is -2.27. The van der Waals surface area contributed by atoms with Gasteiger partial charge in [-0.2, -0.15) is 0 Å². The lowest BCUT2D eigenvalue weighted by molar-refractivity contribution is 0.193. The number of aliphatic hydroxyl groups is 1. The van der Waals surface area contributed by atoms with Crippen LogP contribution in [0.3, 0.4) is 0 Å². The van der Waals surface area contributed by atoms with E-state index in [0.29, 0.717) is 5.92 Å². The van der Waals surface area contributed by atoms with Crippen molar-refractivity contribution >= 4 is 5.69 Å². The molecule has 0 fully saturated rings. The van der Waals surface area contributed by atoms with Crippen LogP contribution in [-0.4, -0.2) is 39.5 Å². The SMILES string of the molecule is COc1ccc(N(C)CC(CO)C(C)C)cc1OC. The molecule has 0 heterocycles. The Morgan fingerprint density at radius 3 is 2.26 bits per heavy atom. The predicted octanol–water partition coefficient (Wildman–Crippen LogP) is 2.40.